The van der Waals surface area contributed by atoms with Crippen molar-refractivity contribution in [1.82, 2.24) is 19.7 Å². The summed E-state index contributed by atoms with van der Waals surface area (Å²) in [7, 11) is 0. The Kier molecular flexibility index (Phi) is 5.26. The van der Waals surface area contributed by atoms with Gasteiger partial charge in [-0.05, 0) is 32.0 Å². The fourth-order valence-electron chi connectivity index (χ4n) is 4.23. The zero-order chi connectivity index (χ0) is 22.2. The molecule has 1 aliphatic heterocycles. The van der Waals surface area contributed by atoms with E-state index in [9.17, 15) is 9.59 Å². The van der Waals surface area contributed by atoms with E-state index < -0.39 is 0 Å². The Hall–Kier alpha value is -3.46. The van der Waals surface area contributed by atoms with Crippen molar-refractivity contribution in [2.24, 2.45) is 0 Å². The summed E-state index contributed by atoms with van der Waals surface area (Å²) in [6, 6.07) is 15.1. The summed E-state index contributed by atoms with van der Waals surface area (Å²) < 4.78 is 2.11. The molecule has 0 aliphatic carbocycles. The first-order valence-electron chi connectivity index (χ1n) is 10.5. The smallest absolute Gasteiger partial charge is 0.237 e. The van der Waals surface area contributed by atoms with E-state index in [0.29, 0.717) is 16.5 Å². The minimum Gasteiger partial charge on any atom is -0.324 e. The lowest BCUT2D eigenvalue weighted by Gasteiger charge is -2.27. The van der Waals surface area contributed by atoms with E-state index in [1.807, 2.05) is 55.5 Å². The molecule has 0 radical (unpaired) electrons. The maximum Gasteiger partial charge on any atom is 0.237 e. The third-order valence-corrected chi connectivity index (χ3v) is 6.45. The second-order valence-corrected chi connectivity index (χ2v) is 8.64. The fourth-order valence-corrected chi connectivity index (χ4v) is 4.88. The van der Waals surface area contributed by atoms with Crippen molar-refractivity contribution in [3.63, 3.8) is 0 Å². The highest BCUT2D eigenvalue weighted by Crippen LogP contribution is 2.32. The molecule has 1 N–H and O–H groups in total. The largest absolute Gasteiger partial charge is 0.324 e. The molecule has 1 atom stereocenters. The first-order chi connectivity index (χ1) is 15.6. The summed E-state index contributed by atoms with van der Waals surface area (Å²) in [6.07, 6.45) is 0.242. The minimum absolute atomic E-state index is 0.0988. The number of anilines is 2. The Labute approximate surface area is 189 Å². The summed E-state index contributed by atoms with van der Waals surface area (Å²) in [5, 5.41) is 13.0. The maximum atomic E-state index is 13.2. The molecule has 2 amide bonds. The van der Waals surface area contributed by atoms with E-state index in [0.717, 1.165) is 28.6 Å². The summed E-state index contributed by atoms with van der Waals surface area (Å²) in [5.74, 6) is -0.0590. The number of carbonyl (C=O) groups is 2. The van der Waals surface area contributed by atoms with Crippen molar-refractivity contribution in [1.29, 1.82) is 0 Å². The Bertz CT molecular complexity index is 1350. The van der Waals surface area contributed by atoms with Gasteiger partial charge in [-0.1, -0.05) is 42.1 Å². The Morgan fingerprint density at radius 1 is 1.16 bits per heavy atom. The van der Waals surface area contributed by atoms with Crippen LogP contribution in [-0.2, 0) is 16.1 Å². The number of para-hydroxylation sites is 3. The standard InChI is InChI=1S/C23H22N6O2S/c1-3-28-17-10-6-4-8-15(17)21-22(28)25-23(27-26-21)32-13-20(31)29-14(2)12-19(30)24-16-9-5-7-11-18(16)29/h4-11,14H,3,12-13H2,1-2H3,(H,24,30). The molecule has 9 heteroatoms. The highest BCUT2D eigenvalue weighted by Gasteiger charge is 2.29. The number of benzene rings is 2. The number of aryl methyl sites for hydroxylation is 1. The SMILES string of the molecule is CCn1c2ccccc2c2nnc(SCC(=O)N3c4ccccc4NC(=O)CC3C)nc21. The molecule has 3 heterocycles. The van der Waals surface area contributed by atoms with Crippen molar-refractivity contribution in [2.45, 2.75) is 38.0 Å². The molecule has 0 saturated heterocycles. The zero-order valence-electron chi connectivity index (χ0n) is 17.8. The normalized spacial score (nSPS) is 16.1. The van der Waals surface area contributed by atoms with Gasteiger partial charge in [0.25, 0.3) is 0 Å². The van der Waals surface area contributed by atoms with Gasteiger partial charge >= 0.3 is 0 Å². The monoisotopic (exact) mass is 446 g/mol. The van der Waals surface area contributed by atoms with Crippen LogP contribution in [0.3, 0.4) is 0 Å². The van der Waals surface area contributed by atoms with Gasteiger partial charge in [-0.3, -0.25) is 9.59 Å². The first-order valence-corrected chi connectivity index (χ1v) is 11.5. The topological polar surface area (TPSA) is 93.0 Å². The van der Waals surface area contributed by atoms with Gasteiger partial charge in [0.2, 0.25) is 17.0 Å². The fraction of sp³-hybridized carbons (Fsp3) is 0.261. The number of amides is 2. The molecule has 1 aliphatic rings. The lowest BCUT2D eigenvalue weighted by molar-refractivity contribution is -0.117. The van der Waals surface area contributed by atoms with Crippen LogP contribution >= 0.6 is 11.8 Å². The summed E-state index contributed by atoms with van der Waals surface area (Å²) in [4.78, 5) is 31.8. The molecule has 5 rings (SSSR count). The number of nitrogens with one attached hydrogen (secondary N) is 1. The maximum absolute atomic E-state index is 13.2. The van der Waals surface area contributed by atoms with Crippen molar-refractivity contribution in [2.75, 3.05) is 16.0 Å². The van der Waals surface area contributed by atoms with Crippen LogP contribution in [0.2, 0.25) is 0 Å². The average Bonchev–Trinajstić information content (AvgIpc) is 3.04. The van der Waals surface area contributed by atoms with Gasteiger partial charge < -0.3 is 14.8 Å². The number of thioether (sulfide) groups is 1. The van der Waals surface area contributed by atoms with Crippen molar-refractivity contribution >= 4 is 57.0 Å². The van der Waals surface area contributed by atoms with Gasteiger partial charge in [0, 0.05) is 24.4 Å². The Morgan fingerprint density at radius 2 is 1.94 bits per heavy atom. The van der Waals surface area contributed by atoms with E-state index in [2.05, 4.69) is 27.0 Å². The lowest BCUT2D eigenvalue weighted by Crippen LogP contribution is -2.40. The van der Waals surface area contributed by atoms with Crippen LogP contribution in [0, 0.1) is 0 Å². The lowest BCUT2D eigenvalue weighted by atomic mass is 10.2. The van der Waals surface area contributed by atoms with Crippen molar-refractivity contribution in [3.05, 3.63) is 48.5 Å². The number of fused-ring (bicyclic) bond motifs is 4. The van der Waals surface area contributed by atoms with Crippen LogP contribution in [0.15, 0.2) is 53.7 Å². The number of carbonyl (C=O) groups excluding carboxylic acids is 2. The predicted octanol–water partition coefficient (Wildman–Crippen LogP) is 3.86. The van der Waals surface area contributed by atoms with Crippen molar-refractivity contribution < 1.29 is 9.59 Å². The number of hydrogen-bond acceptors (Lipinski definition) is 6. The van der Waals surface area contributed by atoms with Gasteiger partial charge in [0.1, 0.15) is 5.52 Å². The quantitative estimate of drug-likeness (QED) is 0.479. The van der Waals surface area contributed by atoms with E-state index in [1.54, 1.807) is 4.90 Å². The molecule has 8 nitrogen and oxygen atoms in total. The third-order valence-electron chi connectivity index (χ3n) is 5.62. The number of hydrogen-bond donors (Lipinski definition) is 1. The molecule has 2 aromatic heterocycles. The van der Waals surface area contributed by atoms with Gasteiger partial charge in [0.05, 0.1) is 22.6 Å². The van der Waals surface area contributed by atoms with E-state index in [-0.39, 0.29) is 30.0 Å². The highest BCUT2D eigenvalue weighted by molar-refractivity contribution is 7.99. The van der Waals surface area contributed by atoms with Crippen molar-refractivity contribution in [3.8, 4) is 0 Å². The summed E-state index contributed by atoms with van der Waals surface area (Å²) >= 11 is 1.26. The third kappa shape index (κ3) is 3.48. The molecule has 0 fully saturated rings. The van der Waals surface area contributed by atoms with Crippen LogP contribution in [0.5, 0.6) is 0 Å². The van der Waals surface area contributed by atoms with Gasteiger partial charge in [-0.2, -0.15) is 0 Å². The average molecular weight is 447 g/mol. The van der Waals surface area contributed by atoms with Gasteiger partial charge in [-0.25, -0.2) is 4.98 Å². The second-order valence-electron chi connectivity index (χ2n) is 7.70. The van der Waals surface area contributed by atoms with E-state index in [1.165, 1.54) is 11.8 Å². The number of aromatic nitrogens is 4. The zero-order valence-corrected chi connectivity index (χ0v) is 18.6. The van der Waals surface area contributed by atoms with Crippen LogP contribution < -0.4 is 10.2 Å². The molecule has 4 aromatic rings. The molecule has 32 heavy (non-hydrogen) atoms. The number of nitrogens with zero attached hydrogens (tertiary/aromatic N) is 5. The highest BCUT2D eigenvalue weighted by atomic mass is 32.2. The molecular weight excluding hydrogens is 424 g/mol. The van der Waals surface area contributed by atoms with Gasteiger partial charge in [0.15, 0.2) is 5.65 Å². The molecule has 0 spiro atoms. The van der Waals surface area contributed by atoms with Crippen LogP contribution in [-0.4, -0.2) is 43.4 Å². The summed E-state index contributed by atoms with van der Waals surface area (Å²) in [6.45, 7) is 4.71. The van der Waals surface area contributed by atoms with E-state index in [4.69, 9.17) is 4.98 Å². The predicted molar refractivity (Wildman–Crippen MR) is 126 cm³/mol. The molecule has 2 aromatic carbocycles. The Morgan fingerprint density at radius 3 is 2.78 bits per heavy atom. The van der Waals surface area contributed by atoms with E-state index >= 15 is 0 Å². The molecule has 162 valence electrons. The Balaban J connectivity index is 1.42. The molecule has 1 unspecified atom stereocenters. The van der Waals surface area contributed by atoms with Crippen LogP contribution in [0.25, 0.3) is 22.1 Å². The molecular formula is C23H22N6O2S. The van der Waals surface area contributed by atoms with Crippen LogP contribution in [0.1, 0.15) is 20.3 Å². The summed E-state index contributed by atoms with van der Waals surface area (Å²) in [5.41, 5.74) is 3.95. The second kappa shape index (κ2) is 8.23. The van der Waals surface area contributed by atoms with Crippen LogP contribution in [0.4, 0.5) is 11.4 Å². The number of rotatable bonds is 4. The van der Waals surface area contributed by atoms with Gasteiger partial charge in [-0.15, -0.1) is 10.2 Å². The molecule has 0 bridgehead atoms. The molecule has 0 saturated carbocycles. The minimum atomic E-state index is -0.254. The first kappa shape index (κ1) is 20.4.